The minimum Gasteiger partial charge on any atom is -0.455 e. The minimum atomic E-state index is -1.34. The summed E-state index contributed by atoms with van der Waals surface area (Å²) in [6, 6.07) is 98.4. The molecule has 0 unspecified atom stereocenters. The first-order valence-electron chi connectivity index (χ1n) is 33.4. The minimum absolute atomic E-state index is 0.148. The van der Waals surface area contributed by atoms with Crippen LogP contribution in [0.1, 0.15) is 0 Å². The molecule has 20 rings (SSSR count). The first kappa shape index (κ1) is 62.5. The van der Waals surface area contributed by atoms with Gasteiger partial charge in [0.05, 0.1) is 11.1 Å². The Kier molecular flexibility index (Phi) is 16.1. The summed E-state index contributed by atoms with van der Waals surface area (Å²) in [6.45, 7) is 0. The smallest absolute Gasteiger partial charge is 0.455 e. The molecule has 0 spiro atoms. The zero-order valence-electron chi connectivity index (χ0n) is 54.8. The van der Waals surface area contributed by atoms with Crippen LogP contribution in [-0.4, -0.2) is 67.0 Å². The van der Waals surface area contributed by atoms with E-state index < -0.39 is 7.12 Å². The number of nitrogens with zero attached hydrogens (tertiary/aromatic N) is 10. The van der Waals surface area contributed by atoms with Crippen LogP contribution < -0.4 is 5.46 Å². The SMILES string of the molecule is Clc1nc(-c2ccc3c(c2)oc2c(-c4nc(-c5ccccc5)nc(-c5ccccc5)n4)cccc23)c2oc3ccccc3c2n1.OB(O)c1ccccc1.c1ccc(-c2nc(-c3ccccc3)nc(-c3cccc4c3oc3cc(-c5nc(-c6ccccc6)nc6c5oc5ccccc56)ccc34)n2)cc1. The first-order chi connectivity index (χ1) is 51.3. The van der Waals surface area contributed by atoms with Gasteiger partial charge < -0.3 is 27.7 Å². The van der Waals surface area contributed by atoms with E-state index in [0.29, 0.717) is 91.1 Å². The molecule has 16 nitrogen and oxygen atoms in total. The largest absolute Gasteiger partial charge is 0.488 e. The highest BCUT2D eigenvalue weighted by Crippen LogP contribution is 2.43. The third-order valence-electron chi connectivity index (χ3n) is 18.0. The van der Waals surface area contributed by atoms with Crippen LogP contribution in [0.15, 0.2) is 321 Å². The average molecular weight is 1370 g/mol. The molecule has 0 radical (unpaired) electrons. The number of rotatable bonds is 10. The van der Waals surface area contributed by atoms with Crippen LogP contribution in [0.25, 0.3) is 190 Å². The summed E-state index contributed by atoms with van der Waals surface area (Å²) < 4.78 is 25.9. The Morgan fingerprint density at radius 3 is 0.962 bits per heavy atom. The van der Waals surface area contributed by atoms with Gasteiger partial charge in [-0.25, -0.2) is 49.8 Å². The van der Waals surface area contributed by atoms with Crippen LogP contribution >= 0.6 is 11.6 Å². The quantitative estimate of drug-likeness (QED) is 0.0960. The summed E-state index contributed by atoms with van der Waals surface area (Å²) in [4.78, 5) is 48.5. The normalized spacial score (nSPS) is 11.4. The van der Waals surface area contributed by atoms with Crippen molar-refractivity contribution in [2.24, 2.45) is 0 Å². The maximum absolute atomic E-state index is 8.58. The molecular weight excluding hydrogens is 1320 g/mol. The van der Waals surface area contributed by atoms with Crippen molar-refractivity contribution < 1.29 is 27.7 Å². The van der Waals surface area contributed by atoms with Crippen LogP contribution in [0.5, 0.6) is 0 Å². The Morgan fingerprint density at radius 1 is 0.240 bits per heavy atom. The van der Waals surface area contributed by atoms with E-state index in [1.54, 1.807) is 24.3 Å². The fraction of sp³-hybridized carbons (Fsp3) is 0. The van der Waals surface area contributed by atoms with E-state index in [9.17, 15) is 0 Å². The molecule has 0 fully saturated rings. The number of hydrogen-bond acceptors (Lipinski definition) is 16. The van der Waals surface area contributed by atoms with Crippen molar-refractivity contribution in [3.8, 4) is 102 Å². The van der Waals surface area contributed by atoms with Gasteiger partial charge in [-0.15, -0.1) is 0 Å². The molecular formula is C86H52BClN10O6. The second kappa shape index (κ2) is 26.8. The molecule has 0 saturated heterocycles. The van der Waals surface area contributed by atoms with E-state index in [0.717, 1.165) is 105 Å². The van der Waals surface area contributed by atoms with E-state index in [4.69, 9.17) is 79.2 Å². The van der Waals surface area contributed by atoms with Crippen molar-refractivity contribution in [2.75, 3.05) is 0 Å². The molecule has 0 aliphatic heterocycles. The second-order valence-electron chi connectivity index (χ2n) is 24.5. The highest BCUT2D eigenvalue weighted by atomic mass is 35.5. The molecule has 0 aliphatic carbocycles. The molecule has 0 aliphatic rings. The Hall–Kier alpha value is -13.7. The van der Waals surface area contributed by atoms with Crippen LogP contribution in [-0.2, 0) is 0 Å². The van der Waals surface area contributed by atoms with E-state index in [-0.39, 0.29) is 5.28 Å². The van der Waals surface area contributed by atoms with E-state index in [2.05, 4.69) is 28.2 Å². The van der Waals surface area contributed by atoms with Crippen LogP contribution in [0, 0.1) is 0 Å². The number of fused-ring (bicyclic) bond motifs is 12. The van der Waals surface area contributed by atoms with Crippen molar-refractivity contribution in [3.63, 3.8) is 0 Å². The number of halogens is 1. The van der Waals surface area contributed by atoms with Crippen LogP contribution in [0.3, 0.4) is 0 Å². The van der Waals surface area contributed by atoms with Gasteiger partial charge in [-0.2, -0.15) is 0 Å². The van der Waals surface area contributed by atoms with E-state index in [1.165, 1.54) is 0 Å². The monoisotopic (exact) mass is 1370 g/mol. The lowest BCUT2D eigenvalue weighted by Gasteiger charge is -2.08. The molecule has 2 N–H and O–H groups in total. The lowest BCUT2D eigenvalue weighted by Crippen LogP contribution is -2.29. The summed E-state index contributed by atoms with van der Waals surface area (Å²) in [5, 5.41) is 23.0. The zero-order valence-corrected chi connectivity index (χ0v) is 55.6. The predicted molar refractivity (Wildman–Crippen MR) is 410 cm³/mol. The molecule has 12 aromatic carbocycles. The average Bonchev–Trinajstić information content (AvgIpc) is 1.60. The Bertz CT molecular complexity index is 6490. The van der Waals surface area contributed by atoms with Gasteiger partial charge in [0.15, 0.2) is 51.9 Å². The third kappa shape index (κ3) is 11.8. The second-order valence-corrected chi connectivity index (χ2v) is 24.8. The first-order valence-corrected chi connectivity index (χ1v) is 33.8. The topological polar surface area (TPSA) is 222 Å². The Balaban J connectivity index is 0.000000133. The van der Waals surface area contributed by atoms with Gasteiger partial charge in [0.25, 0.3) is 0 Å². The molecule has 20 aromatic rings. The van der Waals surface area contributed by atoms with Crippen molar-refractivity contribution in [1.29, 1.82) is 0 Å². The number of hydrogen-bond donors (Lipinski definition) is 2. The van der Waals surface area contributed by atoms with Crippen molar-refractivity contribution in [1.82, 2.24) is 49.8 Å². The maximum Gasteiger partial charge on any atom is 0.488 e. The number of para-hydroxylation sites is 4. The summed E-state index contributed by atoms with van der Waals surface area (Å²) in [5.74, 6) is 4.06. The molecule has 8 heterocycles. The zero-order chi connectivity index (χ0) is 69.6. The maximum atomic E-state index is 8.58. The van der Waals surface area contributed by atoms with Crippen LogP contribution in [0.4, 0.5) is 0 Å². The number of aromatic nitrogens is 10. The van der Waals surface area contributed by atoms with Gasteiger partial charge in [-0.1, -0.05) is 243 Å². The Labute approximate surface area is 597 Å². The van der Waals surface area contributed by atoms with Crippen molar-refractivity contribution in [3.05, 3.63) is 309 Å². The summed E-state index contributed by atoms with van der Waals surface area (Å²) in [5.41, 5.74) is 16.5. The van der Waals surface area contributed by atoms with Gasteiger partial charge in [-0.05, 0) is 77.7 Å². The van der Waals surface area contributed by atoms with Gasteiger partial charge >= 0.3 is 7.12 Å². The fourth-order valence-electron chi connectivity index (χ4n) is 13.0. The van der Waals surface area contributed by atoms with Crippen molar-refractivity contribution in [2.45, 2.75) is 0 Å². The summed E-state index contributed by atoms with van der Waals surface area (Å²) >= 11 is 6.41. The lowest BCUT2D eigenvalue weighted by molar-refractivity contribution is 0.426. The molecule has 0 amide bonds. The van der Waals surface area contributed by atoms with Gasteiger partial charge in [0.1, 0.15) is 55.9 Å². The summed E-state index contributed by atoms with van der Waals surface area (Å²) in [7, 11) is -1.34. The van der Waals surface area contributed by atoms with E-state index in [1.807, 2.05) is 261 Å². The highest BCUT2D eigenvalue weighted by molar-refractivity contribution is 6.58. The van der Waals surface area contributed by atoms with Crippen LogP contribution in [0.2, 0.25) is 5.28 Å². The Morgan fingerprint density at radius 2 is 0.567 bits per heavy atom. The molecule has 18 heteroatoms. The fourth-order valence-corrected chi connectivity index (χ4v) is 13.2. The summed E-state index contributed by atoms with van der Waals surface area (Å²) in [6.07, 6.45) is 0. The standard InChI is InChI=1S/C43H25N5O2.C37H20ClN5O2.C6H7BO2/c1-4-13-26(14-5-1)40-44-36(39-37(45-40)32-19-10-11-22-34(32)49-39)29-23-24-30-31-20-12-21-33(38(31)50-35(30)25-29)43-47-41(27-15-6-2-7-16-27)46-42(48-43)28-17-8-3-9-18-28;38-37-39-30(33-31(40-37)26-14-7-8-17-28(26)44-33)23-18-19-24-25-15-9-16-27(32(25)45-29(24)20-23)36-42-34(21-10-3-1-4-11-21)41-35(43-36)22-12-5-2-6-13-22;8-7(9)6-4-2-1-3-5-6/h1-25H;1-20H;1-5,8-9H. The molecule has 0 saturated carbocycles. The highest BCUT2D eigenvalue weighted by Gasteiger charge is 2.25. The number of furan rings is 4. The van der Waals surface area contributed by atoms with E-state index >= 15 is 0 Å². The van der Waals surface area contributed by atoms with Crippen molar-refractivity contribution >= 4 is 112 Å². The lowest BCUT2D eigenvalue weighted by atomic mass is 9.81. The van der Waals surface area contributed by atoms with Gasteiger partial charge in [0.2, 0.25) is 5.28 Å². The molecule has 492 valence electrons. The number of benzene rings is 12. The molecule has 0 atom stereocenters. The predicted octanol–water partition coefficient (Wildman–Crippen LogP) is 19.9. The van der Waals surface area contributed by atoms with Gasteiger partial charge in [-0.3, -0.25) is 0 Å². The molecule has 0 bridgehead atoms. The third-order valence-corrected chi connectivity index (χ3v) is 18.1. The molecule has 104 heavy (non-hydrogen) atoms. The van der Waals surface area contributed by atoms with Gasteiger partial charge in [0, 0.05) is 71.3 Å². The molecule has 8 aromatic heterocycles.